The van der Waals surface area contributed by atoms with Crippen molar-refractivity contribution in [1.82, 2.24) is 19.9 Å². The van der Waals surface area contributed by atoms with E-state index in [0.29, 0.717) is 16.5 Å². The van der Waals surface area contributed by atoms with E-state index in [2.05, 4.69) is 63.0 Å². The van der Waals surface area contributed by atoms with Gasteiger partial charge in [-0.05, 0) is 86.6 Å². The minimum atomic E-state index is -0.280. The fourth-order valence-corrected chi connectivity index (χ4v) is 5.68. The summed E-state index contributed by atoms with van der Waals surface area (Å²) < 4.78 is 12.7. The van der Waals surface area contributed by atoms with Gasteiger partial charge in [-0.15, -0.1) is 0 Å². The lowest BCUT2D eigenvalue weighted by molar-refractivity contribution is -0.119. The van der Waals surface area contributed by atoms with Crippen LogP contribution in [0.1, 0.15) is 40.3 Å². The van der Waals surface area contributed by atoms with Gasteiger partial charge in [-0.25, -0.2) is 4.98 Å². The van der Waals surface area contributed by atoms with Gasteiger partial charge in [0.25, 0.3) is 0 Å². The van der Waals surface area contributed by atoms with Gasteiger partial charge in [0.2, 0.25) is 5.91 Å². The Morgan fingerprint density at radius 3 is 2.55 bits per heavy atom. The summed E-state index contributed by atoms with van der Waals surface area (Å²) in [6.45, 7) is 6.19. The number of carbonyl (C=O) groups excluding carboxylic acids is 1. The predicted molar refractivity (Wildman–Crippen MR) is 159 cm³/mol. The summed E-state index contributed by atoms with van der Waals surface area (Å²) in [4.78, 5) is 23.8. The molecule has 0 bridgehead atoms. The van der Waals surface area contributed by atoms with Crippen LogP contribution in [0, 0.1) is 20.8 Å². The molecule has 0 spiro atoms. The van der Waals surface area contributed by atoms with Crippen LogP contribution >= 0.6 is 12.2 Å². The molecule has 0 radical (unpaired) electrons. The first kappa shape index (κ1) is 27.3. The number of amides is 1. The number of anilines is 2. The number of methoxy groups -OCH3 is 2. The van der Waals surface area contributed by atoms with Gasteiger partial charge in [-0.2, -0.15) is 0 Å². The van der Waals surface area contributed by atoms with E-state index in [1.807, 2.05) is 48.7 Å². The lowest BCUT2D eigenvalue weighted by atomic mass is 9.96. The molecule has 1 aromatic carbocycles. The normalized spacial score (nSPS) is 16.6. The first-order valence-corrected chi connectivity index (χ1v) is 13.3. The van der Waals surface area contributed by atoms with Gasteiger partial charge in [0, 0.05) is 36.6 Å². The van der Waals surface area contributed by atoms with Gasteiger partial charge in [-0.3, -0.25) is 9.78 Å². The molecular weight excluding hydrogens is 524 g/mol. The van der Waals surface area contributed by atoms with Crippen molar-refractivity contribution < 1.29 is 14.3 Å². The monoisotopic (exact) mass is 556 g/mol. The Morgan fingerprint density at radius 1 is 1.05 bits per heavy atom. The van der Waals surface area contributed by atoms with Crippen molar-refractivity contribution in [3.8, 4) is 11.6 Å². The molecule has 10 heteroatoms. The van der Waals surface area contributed by atoms with E-state index in [0.717, 1.165) is 39.7 Å². The van der Waals surface area contributed by atoms with Crippen molar-refractivity contribution in [3.63, 3.8) is 0 Å². The number of ether oxygens (including phenoxy) is 2. The SMILES string of the molecule is COCC(=O)Nc1cc(N2C(=S)N[C@@H](c3ccccn3)[C@@H]2c2cc(C)n(-c3ncccc3C)c2C)ccc1OC. The Kier molecular flexibility index (Phi) is 7.81. The molecule has 0 unspecified atom stereocenters. The molecule has 0 saturated carbocycles. The minimum Gasteiger partial charge on any atom is -0.495 e. The van der Waals surface area contributed by atoms with Crippen LogP contribution in [0.2, 0.25) is 0 Å². The second-order valence-electron chi connectivity index (χ2n) is 9.67. The maximum absolute atomic E-state index is 12.4. The zero-order chi connectivity index (χ0) is 28.4. The molecule has 9 nitrogen and oxygen atoms in total. The van der Waals surface area contributed by atoms with Gasteiger partial charge in [0.1, 0.15) is 18.2 Å². The third kappa shape index (κ3) is 5.03. The van der Waals surface area contributed by atoms with Crippen molar-refractivity contribution in [2.24, 2.45) is 0 Å². The summed E-state index contributed by atoms with van der Waals surface area (Å²) in [5.41, 5.74) is 6.50. The lowest BCUT2D eigenvalue weighted by Crippen LogP contribution is -2.29. The number of pyridine rings is 2. The van der Waals surface area contributed by atoms with Crippen LogP contribution in [0.25, 0.3) is 5.82 Å². The van der Waals surface area contributed by atoms with E-state index < -0.39 is 0 Å². The highest BCUT2D eigenvalue weighted by Crippen LogP contribution is 2.45. The van der Waals surface area contributed by atoms with E-state index in [4.69, 9.17) is 21.7 Å². The smallest absolute Gasteiger partial charge is 0.250 e. The molecule has 4 heterocycles. The predicted octanol–water partition coefficient (Wildman–Crippen LogP) is 4.96. The molecule has 1 fully saturated rings. The van der Waals surface area contributed by atoms with Crippen LogP contribution in [-0.2, 0) is 9.53 Å². The molecule has 1 aliphatic rings. The van der Waals surface area contributed by atoms with Crippen LogP contribution in [0.15, 0.2) is 67.0 Å². The second kappa shape index (κ2) is 11.4. The summed E-state index contributed by atoms with van der Waals surface area (Å²) in [7, 11) is 3.05. The quantitative estimate of drug-likeness (QED) is 0.294. The number of hydrogen-bond acceptors (Lipinski definition) is 6. The number of carbonyl (C=O) groups is 1. The topological polar surface area (TPSA) is 93.5 Å². The Labute approximate surface area is 239 Å². The third-order valence-corrected chi connectivity index (χ3v) is 7.41. The highest BCUT2D eigenvalue weighted by atomic mass is 32.1. The summed E-state index contributed by atoms with van der Waals surface area (Å²) >= 11 is 5.94. The number of rotatable bonds is 8. The van der Waals surface area contributed by atoms with E-state index in [-0.39, 0.29) is 24.6 Å². The Bertz CT molecular complexity index is 1550. The van der Waals surface area contributed by atoms with Crippen molar-refractivity contribution in [1.29, 1.82) is 0 Å². The van der Waals surface area contributed by atoms with Gasteiger partial charge < -0.3 is 29.6 Å². The van der Waals surface area contributed by atoms with Gasteiger partial charge in [0.05, 0.1) is 30.6 Å². The fraction of sp³-hybridized carbons (Fsp3) is 0.267. The Morgan fingerprint density at radius 2 is 1.85 bits per heavy atom. The van der Waals surface area contributed by atoms with E-state index >= 15 is 0 Å². The highest BCUT2D eigenvalue weighted by molar-refractivity contribution is 7.80. The number of nitrogens with zero attached hydrogens (tertiary/aromatic N) is 4. The molecule has 2 atom stereocenters. The maximum atomic E-state index is 12.4. The average molecular weight is 557 g/mol. The molecule has 40 heavy (non-hydrogen) atoms. The zero-order valence-electron chi connectivity index (χ0n) is 23.1. The number of aryl methyl sites for hydroxylation is 2. The van der Waals surface area contributed by atoms with Crippen molar-refractivity contribution >= 4 is 34.6 Å². The van der Waals surface area contributed by atoms with Crippen LogP contribution < -0.4 is 20.3 Å². The summed E-state index contributed by atoms with van der Waals surface area (Å²) in [5.74, 6) is 1.15. The molecule has 0 aliphatic carbocycles. The molecule has 1 amide bonds. The minimum absolute atomic E-state index is 0.0691. The standard InChI is InChI=1S/C30H32N6O3S/c1-18-9-8-14-32-29(18)35-19(2)15-22(20(35)3)28-27(23-10-6-7-13-31-23)34-30(40)36(28)21-11-12-25(39-5)24(16-21)33-26(37)17-38-4/h6-16,27-28H,17H2,1-5H3,(H,33,37)(H,34,40)/t27-,28-/m0/s1. The van der Waals surface area contributed by atoms with Crippen LogP contribution in [0.4, 0.5) is 11.4 Å². The summed E-state index contributed by atoms with van der Waals surface area (Å²) in [5, 5.41) is 6.96. The molecule has 2 N–H and O–H groups in total. The number of thiocarbonyl (C=S) groups is 1. The second-order valence-corrected chi connectivity index (χ2v) is 10.1. The van der Waals surface area contributed by atoms with Crippen LogP contribution in [-0.4, -0.2) is 46.4 Å². The molecule has 5 rings (SSSR count). The number of aromatic nitrogens is 3. The zero-order valence-corrected chi connectivity index (χ0v) is 24.0. The van der Waals surface area contributed by atoms with Crippen LogP contribution in [0.5, 0.6) is 5.75 Å². The molecule has 1 saturated heterocycles. The van der Waals surface area contributed by atoms with Crippen molar-refractivity contribution in [3.05, 3.63) is 95.2 Å². The van der Waals surface area contributed by atoms with Crippen molar-refractivity contribution in [2.45, 2.75) is 32.9 Å². The Hall–Kier alpha value is -4.28. The lowest BCUT2D eigenvalue weighted by Gasteiger charge is -2.29. The summed E-state index contributed by atoms with van der Waals surface area (Å²) in [6, 6.07) is 17.3. The molecule has 206 valence electrons. The van der Waals surface area contributed by atoms with Crippen molar-refractivity contribution in [2.75, 3.05) is 31.0 Å². The maximum Gasteiger partial charge on any atom is 0.250 e. The largest absolute Gasteiger partial charge is 0.495 e. The third-order valence-electron chi connectivity index (χ3n) is 7.09. The van der Waals surface area contributed by atoms with E-state index in [1.165, 1.54) is 7.11 Å². The number of nitrogens with one attached hydrogen (secondary N) is 2. The number of hydrogen-bond donors (Lipinski definition) is 2. The molecule has 1 aliphatic heterocycles. The van der Waals surface area contributed by atoms with Gasteiger partial charge in [0.15, 0.2) is 5.11 Å². The van der Waals surface area contributed by atoms with Gasteiger partial charge >= 0.3 is 0 Å². The molecule has 3 aromatic heterocycles. The van der Waals surface area contributed by atoms with Gasteiger partial charge in [-0.1, -0.05) is 12.1 Å². The highest BCUT2D eigenvalue weighted by Gasteiger charge is 2.42. The van der Waals surface area contributed by atoms with E-state index in [9.17, 15) is 4.79 Å². The molecule has 4 aromatic rings. The van der Waals surface area contributed by atoms with Crippen LogP contribution in [0.3, 0.4) is 0 Å². The number of benzene rings is 1. The molecular formula is C30H32N6O3S. The van der Waals surface area contributed by atoms with E-state index in [1.54, 1.807) is 13.3 Å². The average Bonchev–Trinajstić information content (AvgIpc) is 3.44. The first-order chi connectivity index (χ1) is 19.3. The Balaban J connectivity index is 1.66. The summed E-state index contributed by atoms with van der Waals surface area (Å²) in [6.07, 6.45) is 3.60. The first-order valence-electron chi connectivity index (χ1n) is 12.9. The fourth-order valence-electron chi connectivity index (χ4n) is 5.33.